The highest BCUT2D eigenvalue weighted by molar-refractivity contribution is 5.50. The molecule has 0 N–H and O–H groups in total. The number of hydrogen-bond donors (Lipinski definition) is 0. The van der Waals surface area contributed by atoms with Crippen LogP contribution in [0.4, 0.5) is 0 Å². The lowest BCUT2D eigenvalue weighted by Crippen LogP contribution is -2.01. The van der Waals surface area contributed by atoms with E-state index in [0.29, 0.717) is 17.2 Å². The highest BCUT2D eigenvalue weighted by Crippen LogP contribution is 2.36. The van der Waals surface area contributed by atoms with Crippen molar-refractivity contribution < 1.29 is 18.9 Å². The minimum Gasteiger partial charge on any atom is -0.493 e. The van der Waals surface area contributed by atoms with Crippen LogP contribution >= 0.6 is 0 Å². The fourth-order valence-corrected chi connectivity index (χ4v) is 1.09. The first-order valence-corrected chi connectivity index (χ1v) is 4.16. The van der Waals surface area contributed by atoms with Gasteiger partial charge in [-0.3, -0.25) is 0 Å². The van der Waals surface area contributed by atoms with E-state index in [1.165, 1.54) is 0 Å². The fraction of sp³-hybridized carbons (Fsp3) is 0.400. The molecule has 1 rings (SSSR count). The lowest BCUT2D eigenvalue weighted by molar-refractivity contribution is 0.0489. The van der Waals surface area contributed by atoms with Gasteiger partial charge in [-0.1, -0.05) is 6.07 Å². The summed E-state index contributed by atoms with van der Waals surface area (Å²) in [5.74, 6) is 1.82. The van der Waals surface area contributed by atoms with Crippen molar-refractivity contribution in [1.82, 2.24) is 0 Å². The summed E-state index contributed by atoms with van der Waals surface area (Å²) in [6.45, 7) is 0.184. The number of methoxy groups -OCH3 is 3. The zero-order chi connectivity index (χ0) is 10.4. The molecule has 0 aliphatic heterocycles. The van der Waals surface area contributed by atoms with Gasteiger partial charge in [0.15, 0.2) is 18.3 Å². The first kappa shape index (κ1) is 10.7. The summed E-state index contributed by atoms with van der Waals surface area (Å²) in [6.07, 6.45) is 0. The molecule has 0 saturated heterocycles. The summed E-state index contributed by atoms with van der Waals surface area (Å²) in [5.41, 5.74) is 0. The molecule has 4 heteroatoms. The molecule has 0 aromatic heterocycles. The Morgan fingerprint density at radius 1 is 1.00 bits per heavy atom. The number of hydrogen-bond acceptors (Lipinski definition) is 4. The van der Waals surface area contributed by atoms with Crippen molar-refractivity contribution in [3.05, 3.63) is 18.2 Å². The summed E-state index contributed by atoms with van der Waals surface area (Å²) in [7, 11) is 4.71. The molecule has 1 aromatic carbocycles. The summed E-state index contributed by atoms with van der Waals surface area (Å²) in [5, 5.41) is 0. The topological polar surface area (TPSA) is 36.9 Å². The van der Waals surface area contributed by atoms with Gasteiger partial charge >= 0.3 is 0 Å². The van der Waals surface area contributed by atoms with Gasteiger partial charge in [-0.15, -0.1) is 0 Å². The molecule has 0 unspecified atom stereocenters. The smallest absolute Gasteiger partial charge is 0.203 e. The first-order chi connectivity index (χ1) is 6.83. The van der Waals surface area contributed by atoms with E-state index in [1.54, 1.807) is 33.5 Å². The van der Waals surface area contributed by atoms with E-state index in [1.807, 2.05) is 6.07 Å². The first-order valence-electron chi connectivity index (χ1n) is 4.16. The van der Waals surface area contributed by atoms with Crippen molar-refractivity contribution >= 4 is 0 Å². The van der Waals surface area contributed by atoms with Crippen LogP contribution in [-0.4, -0.2) is 28.1 Å². The van der Waals surface area contributed by atoms with Gasteiger partial charge in [0.1, 0.15) is 0 Å². The molecule has 0 aliphatic rings. The van der Waals surface area contributed by atoms with Crippen molar-refractivity contribution in [3.63, 3.8) is 0 Å². The standard InChI is InChI=1S/C10H14O4/c1-11-7-14-9-6-4-5-8(12-2)10(9)13-3/h4-6H,7H2,1-3H3. The van der Waals surface area contributed by atoms with Crippen molar-refractivity contribution in [2.24, 2.45) is 0 Å². The van der Waals surface area contributed by atoms with Crippen LogP contribution < -0.4 is 14.2 Å². The molecular formula is C10H14O4. The Labute approximate surface area is 83.3 Å². The van der Waals surface area contributed by atoms with E-state index in [4.69, 9.17) is 18.9 Å². The van der Waals surface area contributed by atoms with Crippen LogP contribution in [-0.2, 0) is 4.74 Å². The molecule has 0 fully saturated rings. The maximum atomic E-state index is 5.29. The van der Waals surface area contributed by atoms with E-state index in [2.05, 4.69) is 0 Å². The number of ether oxygens (including phenoxy) is 4. The molecule has 14 heavy (non-hydrogen) atoms. The van der Waals surface area contributed by atoms with Crippen LogP contribution in [0.1, 0.15) is 0 Å². The van der Waals surface area contributed by atoms with Gasteiger partial charge < -0.3 is 18.9 Å². The molecule has 0 atom stereocenters. The minimum atomic E-state index is 0.184. The molecule has 0 bridgehead atoms. The monoisotopic (exact) mass is 198 g/mol. The van der Waals surface area contributed by atoms with Gasteiger partial charge in [-0.2, -0.15) is 0 Å². The van der Waals surface area contributed by atoms with Crippen LogP contribution in [0.15, 0.2) is 18.2 Å². The van der Waals surface area contributed by atoms with Crippen LogP contribution in [0.25, 0.3) is 0 Å². The Bertz CT molecular complexity index is 285. The quantitative estimate of drug-likeness (QED) is 0.674. The molecule has 0 radical (unpaired) electrons. The Hall–Kier alpha value is -1.42. The van der Waals surface area contributed by atoms with Crippen LogP contribution in [0.3, 0.4) is 0 Å². The average molecular weight is 198 g/mol. The largest absolute Gasteiger partial charge is 0.493 e. The fourth-order valence-electron chi connectivity index (χ4n) is 1.09. The Kier molecular flexibility index (Phi) is 4.07. The molecule has 0 aliphatic carbocycles. The van der Waals surface area contributed by atoms with Crippen molar-refractivity contribution in [2.75, 3.05) is 28.1 Å². The van der Waals surface area contributed by atoms with Crippen LogP contribution in [0.5, 0.6) is 17.2 Å². The average Bonchev–Trinajstić information content (AvgIpc) is 2.25. The molecule has 4 nitrogen and oxygen atoms in total. The maximum absolute atomic E-state index is 5.29. The number of rotatable bonds is 5. The maximum Gasteiger partial charge on any atom is 0.203 e. The van der Waals surface area contributed by atoms with Gasteiger partial charge in [-0.25, -0.2) is 0 Å². The van der Waals surface area contributed by atoms with Crippen molar-refractivity contribution in [1.29, 1.82) is 0 Å². The number of benzene rings is 1. The molecule has 78 valence electrons. The zero-order valence-corrected chi connectivity index (χ0v) is 8.57. The van der Waals surface area contributed by atoms with Gasteiger partial charge in [0.2, 0.25) is 5.75 Å². The van der Waals surface area contributed by atoms with Crippen molar-refractivity contribution in [3.8, 4) is 17.2 Å². The van der Waals surface area contributed by atoms with E-state index in [0.717, 1.165) is 0 Å². The van der Waals surface area contributed by atoms with Crippen LogP contribution in [0, 0.1) is 0 Å². The third kappa shape index (κ3) is 2.29. The molecule has 0 heterocycles. The van der Waals surface area contributed by atoms with Gasteiger partial charge in [-0.05, 0) is 12.1 Å². The zero-order valence-electron chi connectivity index (χ0n) is 8.57. The van der Waals surface area contributed by atoms with Gasteiger partial charge in [0.25, 0.3) is 0 Å². The Morgan fingerprint density at radius 2 is 1.71 bits per heavy atom. The molecular weight excluding hydrogens is 184 g/mol. The second kappa shape index (κ2) is 5.34. The molecule has 0 saturated carbocycles. The lowest BCUT2D eigenvalue weighted by atomic mass is 10.3. The predicted octanol–water partition coefficient (Wildman–Crippen LogP) is 1.69. The van der Waals surface area contributed by atoms with E-state index < -0.39 is 0 Å². The Morgan fingerprint density at radius 3 is 2.29 bits per heavy atom. The van der Waals surface area contributed by atoms with E-state index >= 15 is 0 Å². The summed E-state index contributed by atoms with van der Waals surface area (Å²) in [4.78, 5) is 0. The summed E-state index contributed by atoms with van der Waals surface area (Å²) in [6, 6.07) is 5.42. The normalized spacial score (nSPS) is 9.64. The predicted molar refractivity (Wildman–Crippen MR) is 52.1 cm³/mol. The van der Waals surface area contributed by atoms with E-state index in [-0.39, 0.29) is 6.79 Å². The highest BCUT2D eigenvalue weighted by atomic mass is 16.7. The second-order valence-electron chi connectivity index (χ2n) is 2.54. The molecule has 0 spiro atoms. The molecule has 0 amide bonds. The molecule has 1 aromatic rings. The third-order valence-corrected chi connectivity index (χ3v) is 1.70. The SMILES string of the molecule is COCOc1cccc(OC)c1OC. The Balaban J connectivity index is 2.90. The van der Waals surface area contributed by atoms with Crippen molar-refractivity contribution in [2.45, 2.75) is 0 Å². The second-order valence-corrected chi connectivity index (χ2v) is 2.54. The van der Waals surface area contributed by atoms with Crippen LogP contribution in [0.2, 0.25) is 0 Å². The lowest BCUT2D eigenvalue weighted by Gasteiger charge is -2.12. The van der Waals surface area contributed by atoms with Gasteiger partial charge in [0, 0.05) is 7.11 Å². The van der Waals surface area contributed by atoms with Gasteiger partial charge in [0.05, 0.1) is 14.2 Å². The van der Waals surface area contributed by atoms with E-state index in [9.17, 15) is 0 Å². The minimum absolute atomic E-state index is 0.184. The highest BCUT2D eigenvalue weighted by Gasteiger charge is 2.09. The summed E-state index contributed by atoms with van der Waals surface area (Å²) < 4.78 is 20.4. The third-order valence-electron chi connectivity index (χ3n) is 1.70. The summed E-state index contributed by atoms with van der Waals surface area (Å²) >= 11 is 0. The number of para-hydroxylation sites is 1.